The van der Waals surface area contributed by atoms with E-state index >= 15 is 0 Å². The fourth-order valence-corrected chi connectivity index (χ4v) is 2.08. The molecule has 0 fully saturated rings. The Morgan fingerprint density at radius 1 is 1.41 bits per heavy atom. The lowest BCUT2D eigenvalue weighted by atomic mass is 10.2. The van der Waals surface area contributed by atoms with Crippen molar-refractivity contribution in [3.63, 3.8) is 0 Å². The first-order valence-corrected chi connectivity index (χ1v) is 6.45. The van der Waals surface area contributed by atoms with Crippen molar-refractivity contribution >= 4 is 17.7 Å². The van der Waals surface area contributed by atoms with Gasteiger partial charge in [-0.1, -0.05) is 6.07 Å². The summed E-state index contributed by atoms with van der Waals surface area (Å²) in [4.78, 5) is 12.2. The maximum Gasteiger partial charge on any atom is 0.307 e. The van der Waals surface area contributed by atoms with E-state index in [4.69, 9.17) is 4.74 Å². The second-order valence-electron chi connectivity index (χ2n) is 4.64. The Bertz CT molecular complexity index is 385. The number of thioether (sulfide) groups is 1. The number of hydrogen-bond donors (Lipinski definition) is 0. The zero-order valence-corrected chi connectivity index (χ0v) is 11.1. The fraction of sp³-hybridized carbons (Fsp3) is 0.462. The molecule has 4 heteroatoms. The molecule has 0 bridgehead atoms. The van der Waals surface area contributed by atoms with Gasteiger partial charge in [0.05, 0.1) is 6.42 Å². The van der Waals surface area contributed by atoms with Gasteiger partial charge in [-0.05, 0) is 39.0 Å². The van der Waals surface area contributed by atoms with Gasteiger partial charge in [0.2, 0.25) is 0 Å². The molecule has 0 aromatic heterocycles. The average Bonchev–Trinajstić information content (AvgIpc) is 2.14. The normalized spacial score (nSPS) is 11.3. The minimum Gasteiger partial charge on any atom is -0.460 e. The van der Waals surface area contributed by atoms with E-state index in [-0.39, 0.29) is 11.8 Å². The molecule has 17 heavy (non-hydrogen) atoms. The van der Waals surface area contributed by atoms with Crippen LogP contribution in [-0.4, -0.2) is 17.3 Å². The molecule has 0 unspecified atom stereocenters. The first kappa shape index (κ1) is 14.0. The van der Waals surface area contributed by atoms with Crippen LogP contribution < -0.4 is 0 Å². The van der Waals surface area contributed by atoms with Gasteiger partial charge in [-0.3, -0.25) is 4.79 Å². The van der Waals surface area contributed by atoms with Crippen LogP contribution >= 0.6 is 11.8 Å². The van der Waals surface area contributed by atoms with Crippen LogP contribution in [0.4, 0.5) is 4.39 Å². The van der Waals surface area contributed by atoms with Gasteiger partial charge >= 0.3 is 5.97 Å². The average molecular weight is 256 g/mol. The molecule has 94 valence electrons. The highest BCUT2D eigenvalue weighted by atomic mass is 32.2. The topological polar surface area (TPSA) is 26.3 Å². The van der Waals surface area contributed by atoms with E-state index in [1.165, 1.54) is 23.9 Å². The maximum atomic E-state index is 12.9. The number of halogens is 1. The third-order valence-corrected chi connectivity index (χ3v) is 2.79. The summed E-state index contributed by atoms with van der Waals surface area (Å²) in [5, 5.41) is 0. The summed E-state index contributed by atoms with van der Waals surface area (Å²) < 4.78 is 18.0. The van der Waals surface area contributed by atoms with E-state index in [2.05, 4.69) is 0 Å². The summed E-state index contributed by atoms with van der Waals surface area (Å²) in [6, 6.07) is 6.34. The monoisotopic (exact) mass is 256 g/mol. The number of esters is 1. The van der Waals surface area contributed by atoms with Crippen LogP contribution in [0.15, 0.2) is 29.2 Å². The second kappa shape index (κ2) is 6.05. The van der Waals surface area contributed by atoms with Crippen molar-refractivity contribution in [2.45, 2.75) is 37.7 Å². The van der Waals surface area contributed by atoms with Crippen LogP contribution in [0.5, 0.6) is 0 Å². The first-order valence-electron chi connectivity index (χ1n) is 5.47. The van der Waals surface area contributed by atoms with Crippen molar-refractivity contribution in [1.82, 2.24) is 0 Å². The SMILES string of the molecule is CC(C)(C)OC(=O)CCSc1cccc(F)c1. The highest BCUT2D eigenvalue weighted by Crippen LogP contribution is 2.20. The van der Waals surface area contributed by atoms with Gasteiger partial charge in [0.15, 0.2) is 0 Å². The molecule has 0 saturated heterocycles. The molecule has 0 aliphatic carbocycles. The summed E-state index contributed by atoms with van der Waals surface area (Å²) in [5.41, 5.74) is -0.444. The minimum atomic E-state index is -0.444. The number of rotatable bonds is 4. The van der Waals surface area contributed by atoms with Gasteiger partial charge in [-0.2, -0.15) is 0 Å². The number of ether oxygens (including phenoxy) is 1. The van der Waals surface area contributed by atoms with Gasteiger partial charge in [0, 0.05) is 10.6 Å². The van der Waals surface area contributed by atoms with Crippen molar-refractivity contribution in [2.24, 2.45) is 0 Å². The number of hydrogen-bond acceptors (Lipinski definition) is 3. The third-order valence-electron chi connectivity index (χ3n) is 1.79. The Balaban J connectivity index is 2.31. The van der Waals surface area contributed by atoms with E-state index in [1.54, 1.807) is 6.07 Å². The Labute approximate surface area is 106 Å². The standard InChI is InChI=1S/C13H17FO2S/c1-13(2,3)16-12(15)7-8-17-11-6-4-5-10(14)9-11/h4-6,9H,7-8H2,1-3H3. The molecular weight excluding hydrogens is 239 g/mol. The second-order valence-corrected chi connectivity index (χ2v) is 5.81. The van der Waals surface area contributed by atoms with Crippen molar-refractivity contribution in [1.29, 1.82) is 0 Å². The Kier molecular flexibility index (Phi) is 5.00. The molecule has 0 atom stereocenters. The Morgan fingerprint density at radius 2 is 2.12 bits per heavy atom. The molecule has 0 aliphatic heterocycles. The van der Waals surface area contributed by atoms with Crippen LogP contribution in [-0.2, 0) is 9.53 Å². The molecule has 1 rings (SSSR count). The summed E-state index contributed by atoms with van der Waals surface area (Å²) in [6.07, 6.45) is 0.332. The van der Waals surface area contributed by atoms with Gasteiger partial charge < -0.3 is 4.74 Å². The lowest BCUT2D eigenvalue weighted by Gasteiger charge is -2.19. The summed E-state index contributed by atoms with van der Waals surface area (Å²) in [5.74, 6) is 0.118. The summed E-state index contributed by atoms with van der Waals surface area (Å²) in [6.45, 7) is 5.51. The predicted octanol–water partition coefficient (Wildman–Crippen LogP) is 3.65. The number of carbonyl (C=O) groups is 1. The van der Waals surface area contributed by atoms with Crippen molar-refractivity contribution < 1.29 is 13.9 Å². The molecule has 0 heterocycles. The molecule has 1 aromatic carbocycles. The van der Waals surface area contributed by atoms with Crippen LogP contribution in [0.3, 0.4) is 0 Å². The summed E-state index contributed by atoms with van der Waals surface area (Å²) >= 11 is 1.45. The molecule has 0 amide bonds. The maximum absolute atomic E-state index is 12.9. The van der Waals surface area contributed by atoms with Gasteiger partial charge in [0.25, 0.3) is 0 Å². The smallest absolute Gasteiger partial charge is 0.307 e. The van der Waals surface area contributed by atoms with Crippen LogP contribution in [0.25, 0.3) is 0 Å². The van der Waals surface area contributed by atoms with Gasteiger partial charge in [-0.25, -0.2) is 4.39 Å². The summed E-state index contributed by atoms with van der Waals surface area (Å²) in [7, 11) is 0. The third kappa shape index (κ3) is 6.31. The number of carbonyl (C=O) groups excluding carboxylic acids is 1. The molecule has 0 saturated carbocycles. The van der Waals surface area contributed by atoms with E-state index in [0.717, 1.165) is 4.90 Å². The van der Waals surface area contributed by atoms with Crippen molar-refractivity contribution in [3.8, 4) is 0 Å². The quantitative estimate of drug-likeness (QED) is 0.607. The highest BCUT2D eigenvalue weighted by Gasteiger charge is 2.15. The van der Waals surface area contributed by atoms with Crippen LogP contribution in [0.1, 0.15) is 27.2 Å². The minimum absolute atomic E-state index is 0.221. The zero-order valence-electron chi connectivity index (χ0n) is 10.3. The zero-order chi connectivity index (χ0) is 12.9. The van der Waals surface area contributed by atoms with Crippen LogP contribution in [0, 0.1) is 5.82 Å². The fourth-order valence-electron chi connectivity index (χ4n) is 1.20. The molecule has 2 nitrogen and oxygen atoms in total. The van der Waals surface area contributed by atoms with Crippen LogP contribution in [0.2, 0.25) is 0 Å². The van der Waals surface area contributed by atoms with E-state index in [9.17, 15) is 9.18 Å². The molecule has 0 spiro atoms. The highest BCUT2D eigenvalue weighted by molar-refractivity contribution is 7.99. The molecule has 0 aliphatic rings. The molecule has 0 radical (unpaired) electrons. The van der Waals surface area contributed by atoms with Gasteiger partial charge in [0.1, 0.15) is 11.4 Å². The molecule has 0 N–H and O–H groups in total. The van der Waals surface area contributed by atoms with Crippen molar-refractivity contribution in [3.05, 3.63) is 30.1 Å². The predicted molar refractivity (Wildman–Crippen MR) is 67.6 cm³/mol. The molecule has 1 aromatic rings. The largest absolute Gasteiger partial charge is 0.460 e. The van der Waals surface area contributed by atoms with E-state index in [1.807, 2.05) is 26.8 Å². The first-order chi connectivity index (χ1) is 7.87. The lowest BCUT2D eigenvalue weighted by Crippen LogP contribution is -2.23. The molecular formula is C13H17FO2S. The van der Waals surface area contributed by atoms with E-state index in [0.29, 0.717) is 12.2 Å². The van der Waals surface area contributed by atoms with Gasteiger partial charge in [-0.15, -0.1) is 11.8 Å². The Hall–Kier alpha value is -1.03. The Morgan fingerprint density at radius 3 is 2.71 bits per heavy atom. The number of benzene rings is 1. The van der Waals surface area contributed by atoms with E-state index < -0.39 is 5.60 Å². The van der Waals surface area contributed by atoms with Crippen molar-refractivity contribution in [2.75, 3.05) is 5.75 Å². The lowest BCUT2D eigenvalue weighted by molar-refractivity contribution is -0.154.